The number of carboxylic acids is 1. The molecule has 0 heterocycles. The van der Waals surface area contributed by atoms with Crippen molar-refractivity contribution in [1.82, 2.24) is 0 Å². The number of hydrogen-bond donors (Lipinski definition) is 2. The van der Waals surface area contributed by atoms with Crippen molar-refractivity contribution in [2.75, 3.05) is 24.3 Å². The van der Waals surface area contributed by atoms with Gasteiger partial charge in [0.2, 0.25) is 5.91 Å². The lowest BCUT2D eigenvalue weighted by Crippen LogP contribution is -2.34. The van der Waals surface area contributed by atoms with Crippen LogP contribution in [0.5, 0.6) is 0 Å². The monoisotopic (exact) mass is 292 g/mol. The van der Waals surface area contributed by atoms with Crippen molar-refractivity contribution in [3.63, 3.8) is 0 Å². The third-order valence-corrected chi connectivity index (χ3v) is 3.95. The summed E-state index contributed by atoms with van der Waals surface area (Å²) in [5, 5.41) is 12.2. The van der Waals surface area contributed by atoms with Crippen LogP contribution in [0.1, 0.15) is 33.1 Å². The summed E-state index contributed by atoms with van der Waals surface area (Å²) in [6.07, 6.45) is 0.857. The van der Waals surface area contributed by atoms with Gasteiger partial charge in [0, 0.05) is 31.9 Å². The molecular weight excluding hydrogens is 268 g/mol. The van der Waals surface area contributed by atoms with Gasteiger partial charge in [0.1, 0.15) is 0 Å². The molecule has 0 aliphatic heterocycles. The summed E-state index contributed by atoms with van der Waals surface area (Å²) in [6, 6.07) is 7.45. The topological polar surface area (TPSA) is 69.6 Å². The number of aliphatic carboxylic acids is 1. The van der Waals surface area contributed by atoms with Crippen LogP contribution in [0.15, 0.2) is 24.3 Å². The molecular formula is C16H24N2O3. The zero-order valence-electron chi connectivity index (χ0n) is 13.1. The summed E-state index contributed by atoms with van der Waals surface area (Å²) in [7, 11) is 3.84. The van der Waals surface area contributed by atoms with E-state index in [1.807, 2.05) is 37.2 Å². The molecule has 5 heteroatoms. The van der Waals surface area contributed by atoms with Crippen LogP contribution in [0, 0.1) is 5.41 Å². The highest BCUT2D eigenvalue weighted by molar-refractivity contribution is 5.94. The van der Waals surface area contributed by atoms with Crippen molar-refractivity contribution in [3.8, 4) is 0 Å². The maximum atomic E-state index is 12.1. The van der Waals surface area contributed by atoms with Crippen molar-refractivity contribution >= 4 is 23.3 Å². The molecule has 0 atom stereocenters. The van der Waals surface area contributed by atoms with E-state index in [0.29, 0.717) is 18.5 Å². The Kier molecular flexibility index (Phi) is 5.76. The Labute approximate surface area is 126 Å². The molecule has 21 heavy (non-hydrogen) atoms. The number of nitrogens with zero attached hydrogens (tertiary/aromatic N) is 1. The predicted molar refractivity (Wildman–Crippen MR) is 84.7 cm³/mol. The van der Waals surface area contributed by atoms with Crippen LogP contribution in [0.3, 0.4) is 0 Å². The van der Waals surface area contributed by atoms with Crippen LogP contribution >= 0.6 is 0 Å². The number of benzene rings is 1. The first-order valence-corrected chi connectivity index (χ1v) is 7.15. The fourth-order valence-electron chi connectivity index (χ4n) is 2.25. The summed E-state index contributed by atoms with van der Waals surface area (Å²) >= 11 is 0. The molecule has 116 valence electrons. The maximum Gasteiger partial charge on any atom is 0.310 e. The number of carbonyl (C=O) groups excluding carboxylic acids is 1. The SMILES string of the molecule is CCC(CC)(CC(=O)Nc1cccc(N(C)C)c1)C(=O)O. The largest absolute Gasteiger partial charge is 0.481 e. The van der Waals surface area contributed by atoms with Gasteiger partial charge in [-0.2, -0.15) is 0 Å². The molecule has 0 aliphatic carbocycles. The summed E-state index contributed by atoms with van der Waals surface area (Å²) in [4.78, 5) is 25.5. The Balaban J connectivity index is 2.82. The quantitative estimate of drug-likeness (QED) is 0.810. The predicted octanol–water partition coefficient (Wildman–Crippen LogP) is 2.97. The standard InChI is InChI=1S/C16H24N2O3/c1-5-16(6-2,15(20)21)11-14(19)17-12-8-7-9-13(10-12)18(3)4/h7-10H,5-6,11H2,1-4H3,(H,17,19)(H,20,21). The van der Waals surface area contributed by atoms with Crippen molar-refractivity contribution in [2.24, 2.45) is 5.41 Å². The molecule has 1 aromatic carbocycles. The van der Waals surface area contributed by atoms with Crippen LogP contribution in [-0.4, -0.2) is 31.1 Å². The van der Waals surface area contributed by atoms with E-state index >= 15 is 0 Å². The second-order valence-corrected chi connectivity index (χ2v) is 5.46. The van der Waals surface area contributed by atoms with Crippen molar-refractivity contribution in [2.45, 2.75) is 33.1 Å². The van der Waals surface area contributed by atoms with Crippen LogP contribution in [-0.2, 0) is 9.59 Å². The first-order chi connectivity index (χ1) is 9.84. The summed E-state index contributed by atoms with van der Waals surface area (Å²) in [5.41, 5.74) is 0.671. The van der Waals surface area contributed by atoms with E-state index in [1.54, 1.807) is 19.9 Å². The van der Waals surface area contributed by atoms with Gasteiger partial charge in [-0.05, 0) is 31.0 Å². The molecule has 1 amide bonds. The molecule has 2 N–H and O–H groups in total. The summed E-state index contributed by atoms with van der Waals surface area (Å²) in [6.45, 7) is 3.61. The molecule has 0 bridgehead atoms. The van der Waals surface area contributed by atoms with Gasteiger partial charge in [0.05, 0.1) is 5.41 Å². The molecule has 0 saturated carbocycles. The van der Waals surface area contributed by atoms with Gasteiger partial charge in [0.15, 0.2) is 0 Å². The van der Waals surface area contributed by atoms with E-state index in [0.717, 1.165) is 5.69 Å². The first-order valence-electron chi connectivity index (χ1n) is 7.15. The van der Waals surface area contributed by atoms with Gasteiger partial charge in [-0.3, -0.25) is 9.59 Å². The van der Waals surface area contributed by atoms with Gasteiger partial charge < -0.3 is 15.3 Å². The Morgan fingerprint density at radius 2 is 1.86 bits per heavy atom. The van der Waals surface area contributed by atoms with E-state index in [9.17, 15) is 14.7 Å². The zero-order valence-corrected chi connectivity index (χ0v) is 13.1. The third-order valence-electron chi connectivity index (χ3n) is 3.95. The van der Waals surface area contributed by atoms with E-state index in [2.05, 4.69) is 5.32 Å². The van der Waals surface area contributed by atoms with Gasteiger partial charge in [-0.25, -0.2) is 0 Å². The molecule has 5 nitrogen and oxygen atoms in total. The van der Waals surface area contributed by atoms with E-state index in [1.165, 1.54) is 0 Å². The van der Waals surface area contributed by atoms with Crippen molar-refractivity contribution in [3.05, 3.63) is 24.3 Å². The Morgan fingerprint density at radius 3 is 2.33 bits per heavy atom. The number of carboxylic acid groups (broad SMARTS) is 1. The van der Waals surface area contributed by atoms with Crippen LogP contribution in [0.4, 0.5) is 11.4 Å². The summed E-state index contributed by atoms with van der Waals surface area (Å²) < 4.78 is 0. The minimum Gasteiger partial charge on any atom is -0.481 e. The molecule has 0 aliphatic rings. The molecule has 0 saturated heterocycles. The Hall–Kier alpha value is -2.04. The van der Waals surface area contributed by atoms with Crippen molar-refractivity contribution in [1.29, 1.82) is 0 Å². The van der Waals surface area contributed by atoms with E-state index in [4.69, 9.17) is 0 Å². The van der Waals surface area contributed by atoms with Gasteiger partial charge in [-0.1, -0.05) is 19.9 Å². The lowest BCUT2D eigenvalue weighted by molar-refractivity contribution is -0.151. The second-order valence-electron chi connectivity index (χ2n) is 5.46. The molecule has 0 spiro atoms. The molecule has 1 aromatic rings. The zero-order chi connectivity index (χ0) is 16.0. The number of amides is 1. The molecule has 0 radical (unpaired) electrons. The highest BCUT2D eigenvalue weighted by Crippen LogP contribution is 2.31. The normalized spacial score (nSPS) is 11.0. The fourth-order valence-corrected chi connectivity index (χ4v) is 2.25. The van der Waals surface area contributed by atoms with Crippen LogP contribution in [0.25, 0.3) is 0 Å². The van der Waals surface area contributed by atoms with Gasteiger partial charge >= 0.3 is 5.97 Å². The summed E-state index contributed by atoms with van der Waals surface area (Å²) in [5.74, 6) is -1.18. The van der Waals surface area contributed by atoms with Crippen LogP contribution < -0.4 is 10.2 Å². The molecule has 1 rings (SSSR count). The average molecular weight is 292 g/mol. The maximum absolute atomic E-state index is 12.1. The van der Waals surface area contributed by atoms with E-state index < -0.39 is 11.4 Å². The van der Waals surface area contributed by atoms with Crippen molar-refractivity contribution < 1.29 is 14.7 Å². The van der Waals surface area contributed by atoms with Crippen LogP contribution in [0.2, 0.25) is 0 Å². The smallest absolute Gasteiger partial charge is 0.310 e. The third kappa shape index (κ3) is 4.21. The number of hydrogen-bond acceptors (Lipinski definition) is 3. The lowest BCUT2D eigenvalue weighted by Gasteiger charge is -2.26. The average Bonchev–Trinajstić information content (AvgIpc) is 2.44. The highest BCUT2D eigenvalue weighted by Gasteiger charge is 2.37. The van der Waals surface area contributed by atoms with Gasteiger partial charge in [0.25, 0.3) is 0 Å². The fraction of sp³-hybridized carbons (Fsp3) is 0.500. The molecule has 0 fully saturated rings. The second kappa shape index (κ2) is 7.11. The minimum absolute atomic E-state index is 0.0124. The Morgan fingerprint density at radius 1 is 1.24 bits per heavy atom. The lowest BCUT2D eigenvalue weighted by atomic mass is 9.79. The number of nitrogens with one attached hydrogen (secondary N) is 1. The molecule has 0 unspecified atom stereocenters. The van der Waals surface area contributed by atoms with Gasteiger partial charge in [-0.15, -0.1) is 0 Å². The Bertz CT molecular complexity index is 508. The number of rotatable bonds is 7. The highest BCUT2D eigenvalue weighted by atomic mass is 16.4. The first kappa shape index (κ1) is 17.0. The molecule has 0 aromatic heterocycles. The van der Waals surface area contributed by atoms with E-state index in [-0.39, 0.29) is 12.3 Å². The number of anilines is 2. The number of carbonyl (C=O) groups is 2. The minimum atomic E-state index is -0.983.